The lowest BCUT2D eigenvalue weighted by atomic mass is 10.2. The summed E-state index contributed by atoms with van der Waals surface area (Å²) in [6.45, 7) is 3.83. The van der Waals surface area contributed by atoms with E-state index in [1.54, 1.807) is 28.9 Å². The highest BCUT2D eigenvalue weighted by molar-refractivity contribution is 9.10. The molecule has 0 saturated carbocycles. The largest absolute Gasteiger partial charge is 0.269 e. The third-order valence-electron chi connectivity index (χ3n) is 4.41. The summed E-state index contributed by atoms with van der Waals surface area (Å²) in [4.78, 5) is 24.6. The van der Waals surface area contributed by atoms with Crippen LogP contribution in [-0.2, 0) is 9.84 Å². The van der Waals surface area contributed by atoms with E-state index in [0.29, 0.717) is 5.56 Å². The van der Waals surface area contributed by atoms with E-state index in [1.807, 2.05) is 13.8 Å². The second kappa shape index (κ2) is 8.41. The van der Waals surface area contributed by atoms with Crippen molar-refractivity contribution in [3.05, 3.63) is 75.5 Å². The Balaban J connectivity index is 1.65. The number of hydrogen-bond acceptors (Lipinski definition) is 5. The Morgan fingerprint density at radius 3 is 1.77 bits per heavy atom. The van der Waals surface area contributed by atoms with E-state index in [4.69, 9.17) is 0 Å². The second-order valence-corrected chi connectivity index (χ2v) is 9.46. The Bertz CT molecular complexity index is 1220. The van der Waals surface area contributed by atoms with Crippen LogP contribution in [0.4, 0.5) is 0 Å². The van der Waals surface area contributed by atoms with Crippen molar-refractivity contribution in [3.8, 4) is 5.69 Å². The van der Waals surface area contributed by atoms with Gasteiger partial charge in [0, 0.05) is 17.4 Å². The molecule has 0 fully saturated rings. The molecule has 0 unspecified atom stereocenters. The molecule has 30 heavy (non-hydrogen) atoms. The average molecular weight is 491 g/mol. The van der Waals surface area contributed by atoms with Crippen molar-refractivity contribution in [1.82, 2.24) is 20.6 Å². The Labute approximate surface area is 182 Å². The minimum absolute atomic E-state index is 0.109. The van der Waals surface area contributed by atoms with Crippen LogP contribution in [0.1, 0.15) is 32.1 Å². The van der Waals surface area contributed by atoms with Gasteiger partial charge in [0.05, 0.1) is 26.4 Å². The summed E-state index contributed by atoms with van der Waals surface area (Å²) in [5.41, 5.74) is 7.82. The van der Waals surface area contributed by atoms with Crippen molar-refractivity contribution >= 4 is 37.6 Å². The van der Waals surface area contributed by atoms with Gasteiger partial charge in [0.15, 0.2) is 9.84 Å². The van der Waals surface area contributed by atoms with Crippen LogP contribution in [0.15, 0.2) is 57.9 Å². The molecule has 0 bridgehead atoms. The number of carbonyl (C=O) groups excluding carboxylic acids is 2. The Morgan fingerprint density at radius 1 is 0.900 bits per heavy atom. The number of hydrazine groups is 1. The molecule has 0 aliphatic rings. The predicted octanol–water partition coefficient (Wildman–Crippen LogP) is 2.73. The minimum Gasteiger partial charge on any atom is -0.267 e. The summed E-state index contributed by atoms with van der Waals surface area (Å²) >= 11 is 3.48. The molecular weight excluding hydrogens is 472 g/mol. The standard InChI is InChI=1S/C20H19BrN4O4S/c1-12-18(21)13(2)25(24-12)16-8-4-14(5-9-16)19(26)22-23-20(27)15-6-10-17(11-7-15)30(3,28)29/h4-11H,1-3H3,(H,22,26)(H,23,27). The van der Waals surface area contributed by atoms with Gasteiger partial charge in [0.1, 0.15) is 0 Å². The number of amides is 2. The van der Waals surface area contributed by atoms with E-state index in [9.17, 15) is 18.0 Å². The van der Waals surface area contributed by atoms with Gasteiger partial charge in [0.25, 0.3) is 11.8 Å². The number of sulfone groups is 1. The number of benzene rings is 2. The third kappa shape index (κ3) is 4.60. The van der Waals surface area contributed by atoms with Gasteiger partial charge in [0.2, 0.25) is 0 Å². The molecule has 0 atom stereocenters. The lowest BCUT2D eigenvalue weighted by Crippen LogP contribution is -2.41. The maximum Gasteiger partial charge on any atom is 0.269 e. The molecule has 0 spiro atoms. The maximum atomic E-state index is 12.3. The SMILES string of the molecule is Cc1nn(-c2ccc(C(=O)NNC(=O)c3ccc(S(C)(=O)=O)cc3)cc2)c(C)c1Br. The summed E-state index contributed by atoms with van der Waals surface area (Å²) in [5, 5.41) is 4.44. The molecule has 2 aromatic carbocycles. The van der Waals surface area contributed by atoms with Crippen LogP contribution >= 0.6 is 15.9 Å². The molecule has 0 aliphatic carbocycles. The van der Waals surface area contributed by atoms with Crippen LogP contribution in [0.5, 0.6) is 0 Å². The quantitative estimate of drug-likeness (QED) is 0.546. The molecule has 0 saturated heterocycles. The first-order chi connectivity index (χ1) is 14.1. The molecular formula is C20H19BrN4O4S. The van der Waals surface area contributed by atoms with Gasteiger partial charge in [-0.05, 0) is 78.3 Å². The predicted molar refractivity (Wildman–Crippen MR) is 115 cm³/mol. The zero-order valence-electron chi connectivity index (χ0n) is 16.4. The summed E-state index contributed by atoms with van der Waals surface area (Å²) in [7, 11) is -3.34. The lowest BCUT2D eigenvalue weighted by Gasteiger charge is -2.09. The number of nitrogens with zero attached hydrogens (tertiary/aromatic N) is 2. The van der Waals surface area contributed by atoms with E-state index < -0.39 is 21.7 Å². The Hall–Kier alpha value is -2.98. The summed E-state index contributed by atoms with van der Waals surface area (Å²) in [6.07, 6.45) is 1.08. The Morgan fingerprint density at radius 2 is 1.37 bits per heavy atom. The van der Waals surface area contributed by atoms with Crippen molar-refractivity contribution < 1.29 is 18.0 Å². The zero-order chi connectivity index (χ0) is 22.1. The fourth-order valence-corrected chi connectivity index (χ4v) is 3.62. The molecule has 3 aromatic rings. The van der Waals surface area contributed by atoms with Crippen molar-refractivity contribution in [3.63, 3.8) is 0 Å². The third-order valence-corrected chi connectivity index (χ3v) is 6.69. The number of rotatable bonds is 4. The van der Waals surface area contributed by atoms with Gasteiger partial charge in [-0.15, -0.1) is 0 Å². The molecule has 1 aromatic heterocycles. The highest BCUT2D eigenvalue weighted by Crippen LogP contribution is 2.23. The van der Waals surface area contributed by atoms with Gasteiger partial charge in [-0.25, -0.2) is 13.1 Å². The smallest absolute Gasteiger partial charge is 0.267 e. The highest BCUT2D eigenvalue weighted by atomic mass is 79.9. The number of nitrogens with one attached hydrogen (secondary N) is 2. The average Bonchev–Trinajstić information content (AvgIpc) is 2.98. The molecule has 0 aliphatic heterocycles. The number of hydrogen-bond donors (Lipinski definition) is 2. The van der Waals surface area contributed by atoms with Crippen molar-refractivity contribution in [2.45, 2.75) is 18.7 Å². The molecule has 2 N–H and O–H groups in total. The first kappa shape index (κ1) is 21.7. The lowest BCUT2D eigenvalue weighted by molar-refractivity contribution is 0.0846. The van der Waals surface area contributed by atoms with Crippen LogP contribution in [-0.4, -0.2) is 36.3 Å². The van der Waals surface area contributed by atoms with E-state index in [1.165, 1.54) is 24.3 Å². The molecule has 0 radical (unpaired) electrons. The van der Waals surface area contributed by atoms with E-state index >= 15 is 0 Å². The van der Waals surface area contributed by atoms with E-state index in [-0.39, 0.29) is 10.5 Å². The van der Waals surface area contributed by atoms with Gasteiger partial charge >= 0.3 is 0 Å². The number of halogens is 1. The first-order valence-corrected chi connectivity index (χ1v) is 11.5. The molecule has 3 rings (SSSR count). The minimum atomic E-state index is -3.34. The number of aryl methyl sites for hydroxylation is 1. The molecule has 1 heterocycles. The summed E-state index contributed by atoms with van der Waals surface area (Å²) in [6, 6.07) is 12.2. The van der Waals surface area contributed by atoms with Crippen LogP contribution in [0.3, 0.4) is 0 Å². The van der Waals surface area contributed by atoms with Crippen LogP contribution < -0.4 is 10.9 Å². The van der Waals surface area contributed by atoms with Crippen LogP contribution in [0.25, 0.3) is 5.69 Å². The van der Waals surface area contributed by atoms with Gasteiger partial charge in [-0.3, -0.25) is 20.4 Å². The van der Waals surface area contributed by atoms with E-state index in [2.05, 4.69) is 31.9 Å². The number of aromatic nitrogens is 2. The van der Waals surface area contributed by atoms with Gasteiger partial charge < -0.3 is 0 Å². The fraction of sp³-hybridized carbons (Fsp3) is 0.150. The maximum absolute atomic E-state index is 12.3. The van der Waals surface area contributed by atoms with E-state index in [0.717, 1.165) is 27.8 Å². The normalized spacial score (nSPS) is 11.2. The molecule has 156 valence electrons. The Kier molecular flexibility index (Phi) is 6.09. The fourth-order valence-electron chi connectivity index (χ4n) is 2.74. The van der Waals surface area contributed by atoms with Crippen LogP contribution in [0, 0.1) is 13.8 Å². The first-order valence-electron chi connectivity index (χ1n) is 8.81. The topological polar surface area (TPSA) is 110 Å². The molecule has 2 amide bonds. The zero-order valence-corrected chi connectivity index (χ0v) is 18.8. The van der Waals surface area contributed by atoms with Gasteiger partial charge in [-0.1, -0.05) is 0 Å². The van der Waals surface area contributed by atoms with Crippen molar-refractivity contribution in [1.29, 1.82) is 0 Å². The van der Waals surface area contributed by atoms with Crippen molar-refractivity contribution in [2.24, 2.45) is 0 Å². The second-order valence-electron chi connectivity index (χ2n) is 6.65. The molecule has 8 nitrogen and oxygen atoms in total. The summed E-state index contributed by atoms with van der Waals surface area (Å²) < 4.78 is 25.6. The van der Waals surface area contributed by atoms with Crippen LogP contribution in [0.2, 0.25) is 0 Å². The monoisotopic (exact) mass is 490 g/mol. The van der Waals surface area contributed by atoms with Crippen molar-refractivity contribution in [2.75, 3.05) is 6.26 Å². The van der Waals surface area contributed by atoms with Gasteiger partial charge in [-0.2, -0.15) is 5.10 Å². The highest BCUT2D eigenvalue weighted by Gasteiger charge is 2.13. The summed E-state index contributed by atoms with van der Waals surface area (Å²) in [5.74, 6) is -1.05. The number of carbonyl (C=O) groups is 2. The molecule has 10 heteroatoms.